The van der Waals surface area contributed by atoms with Crippen molar-refractivity contribution in [2.24, 2.45) is 0 Å². The van der Waals surface area contributed by atoms with Crippen LogP contribution in [0.2, 0.25) is 0 Å². The van der Waals surface area contributed by atoms with Crippen molar-refractivity contribution in [3.8, 4) is 0 Å². The van der Waals surface area contributed by atoms with Gasteiger partial charge in [-0.2, -0.15) is 0 Å². The molecule has 0 unspecified atom stereocenters. The zero-order valence-electron chi connectivity index (χ0n) is 7.07. The summed E-state index contributed by atoms with van der Waals surface area (Å²) in [6.45, 7) is 0. The van der Waals surface area contributed by atoms with Gasteiger partial charge >= 0.3 is 0 Å². The van der Waals surface area contributed by atoms with Gasteiger partial charge in [0, 0.05) is 12.1 Å². The lowest BCUT2D eigenvalue weighted by Gasteiger charge is -1.96. The van der Waals surface area contributed by atoms with Crippen molar-refractivity contribution in [3.63, 3.8) is 0 Å². The molecule has 0 amide bonds. The Labute approximate surface area is 84.7 Å². The standard InChI is InChI=1S/C10H9BrN2/c11-9-8-3-1-2-6-13(8)10(12-9)7-4-5-7/h1-3,6-7H,4-5H2. The normalized spacial score (nSPS) is 16.7. The first-order valence-electron chi connectivity index (χ1n) is 4.49. The van der Waals surface area contributed by atoms with E-state index in [0.29, 0.717) is 5.92 Å². The molecular weight excluding hydrogens is 228 g/mol. The molecular formula is C10H9BrN2. The van der Waals surface area contributed by atoms with Gasteiger partial charge in [-0.1, -0.05) is 6.07 Å². The summed E-state index contributed by atoms with van der Waals surface area (Å²) in [6, 6.07) is 6.18. The summed E-state index contributed by atoms with van der Waals surface area (Å²) >= 11 is 3.48. The van der Waals surface area contributed by atoms with Gasteiger partial charge in [-0.25, -0.2) is 4.98 Å². The fraction of sp³-hybridized carbons (Fsp3) is 0.300. The molecule has 0 atom stereocenters. The largest absolute Gasteiger partial charge is 0.302 e. The lowest BCUT2D eigenvalue weighted by atomic mass is 10.4. The molecule has 2 nitrogen and oxygen atoms in total. The first-order valence-corrected chi connectivity index (χ1v) is 5.28. The predicted octanol–water partition coefficient (Wildman–Crippen LogP) is 2.97. The number of rotatable bonds is 1. The van der Waals surface area contributed by atoms with Crippen molar-refractivity contribution in [2.45, 2.75) is 18.8 Å². The average Bonchev–Trinajstić information content (AvgIpc) is 2.94. The number of pyridine rings is 1. The van der Waals surface area contributed by atoms with E-state index in [2.05, 4.69) is 37.6 Å². The Bertz CT molecular complexity index is 457. The zero-order valence-corrected chi connectivity index (χ0v) is 8.66. The third-order valence-corrected chi connectivity index (χ3v) is 3.06. The molecule has 2 aromatic heterocycles. The fourth-order valence-electron chi connectivity index (χ4n) is 1.65. The third-order valence-electron chi connectivity index (χ3n) is 2.47. The van der Waals surface area contributed by atoms with Gasteiger partial charge < -0.3 is 4.40 Å². The molecule has 0 saturated heterocycles. The lowest BCUT2D eigenvalue weighted by molar-refractivity contribution is 0.918. The summed E-state index contributed by atoms with van der Waals surface area (Å²) in [5.41, 5.74) is 1.17. The van der Waals surface area contributed by atoms with Gasteiger partial charge in [0.05, 0.1) is 5.52 Å². The average molecular weight is 237 g/mol. The maximum Gasteiger partial charge on any atom is 0.132 e. The van der Waals surface area contributed by atoms with E-state index in [4.69, 9.17) is 0 Å². The van der Waals surface area contributed by atoms with E-state index in [9.17, 15) is 0 Å². The molecule has 0 aromatic carbocycles. The molecule has 0 spiro atoms. The molecule has 2 heterocycles. The topological polar surface area (TPSA) is 17.3 Å². The van der Waals surface area contributed by atoms with E-state index in [0.717, 1.165) is 4.60 Å². The highest BCUT2D eigenvalue weighted by atomic mass is 79.9. The van der Waals surface area contributed by atoms with Gasteiger partial charge in [0.25, 0.3) is 0 Å². The van der Waals surface area contributed by atoms with Crippen LogP contribution in [0.3, 0.4) is 0 Å². The maximum absolute atomic E-state index is 4.53. The second-order valence-corrected chi connectivity index (χ2v) is 4.24. The fourth-order valence-corrected chi connectivity index (χ4v) is 2.16. The SMILES string of the molecule is Brc1nc(C2CC2)n2ccccc12. The van der Waals surface area contributed by atoms with E-state index in [1.165, 1.54) is 24.2 Å². The van der Waals surface area contributed by atoms with Gasteiger partial charge in [0.2, 0.25) is 0 Å². The quantitative estimate of drug-likeness (QED) is 0.745. The Morgan fingerprint density at radius 3 is 3.00 bits per heavy atom. The number of imidazole rings is 1. The van der Waals surface area contributed by atoms with Crippen LogP contribution in [0.25, 0.3) is 5.52 Å². The molecule has 13 heavy (non-hydrogen) atoms. The summed E-state index contributed by atoms with van der Waals surface area (Å²) in [7, 11) is 0. The summed E-state index contributed by atoms with van der Waals surface area (Å²) < 4.78 is 3.15. The second-order valence-electron chi connectivity index (χ2n) is 3.49. The van der Waals surface area contributed by atoms with Crippen molar-refractivity contribution < 1.29 is 0 Å². The van der Waals surface area contributed by atoms with Crippen LogP contribution in [-0.2, 0) is 0 Å². The summed E-state index contributed by atoms with van der Waals surface area (Å²) in [5.74, 6) is 1.91. The molecule has 0 N–H and O–H groups in total. The highest BCUT2D eigenvalue weighted by Gasteiger charge is 2.28. The lowest BCUT2D eigenvalue weighted by Crippen LogP contribution is -1.90. The first kappa shape index (κ1) is 7.56. The van der Waals surface area contributed by atoms with Crippen LogP contribution in [0.15, 0.2) is 29.0 Å². The number of hydrogen-bond donors (Lipinski definition) is 0. The molecule has 3 heteroatoms. The van der Waals surface area contributed by atoms with Gasteiger partial charge in [-0.05, 0) is 40.9 Å². The number of fused-ring (bicyclic) bond motifs is 1. The Morgan fingerprint density at radius 1 is 1.38 bits per heavy atom. The molecule has 0 bridgehead atoms. The predicted molar refractivity (Wildman–Crippen MR) is 54.9 cm³/mol. The first-order chi connectivity index (χ1) is 6.36. The smallest absolute Gasteiger partial charge is 0.132 e. The van der Waals surface area contributed by atoms with Crippen LogP contribution in [0.4, 0.5) is 0 Å². The van der Waals surface area contributed by atoms with Crippen molar-refractivity contribution >= 4 is 21.4 Å². The van der Waals surface area contributed by atoms with Crippen molar-refractivity contribution in [1.29, 1.82) is 0 Å². The summed E-state index contributed by atoms with van der Waals surface area (Å²) in [5, 5.41) is 0. The van der Waals surface area contributed by atoms with E-state index in [1.807, 2.05) is 12.1 Å². The second kappa shape index (κ2) is 2.58. The highest BCUT2D eigenvalue weighted by molar-refractivity contribution is 9.10. The Kier molecular flexibility index (Phi) is 1.50. The van der Waals surface area contributed by atoms with Crippen LogP contribution in [0.5, 0.6) is 0 Å². The van der Waals surface area contributed by atoms with Crippen LogP contribution in [0.1, 0.15) is 24.6 Å². The molecule has 66 valence electrons. The monoisotopic (exact) mass is 236 g/mol. The molecule has 2 aromatic rings. The zero-order chi connectivity index (χ0) is 8.84. The van der Waals surface area contributed by atoms with Gasteiger partial charge in [-0.3, -0.25) is 0 Å². The van der Waals surface area contributed by atoms with E-state index < -0.39 is 0 Å². The molecule has 0 aliphatic heterocycles. The van der Waals surface area contributed by atoms with Crippen molar-refractivity contribution in [2.75, 3.05) is 0 Å². The van der Waals surface area contributed by atoms with Crippen LogP contribution >= 0.6 is 15.9 Å². The molecule has 1 aliphatic rings. The van der Waals surface area contributed by atoms with Crippen LogP contribution < -0.4 is 0 Å². The van der Waals surface area contributed by atoms with E-state index in [1.54, 1.807) is 0 Å². The molecule has 1 saturated carbocycles. The number of halogens is 1. The number of aromatic nitrogens is 2. The van der Waals surface area contributed by atoms with Crippen molar-refractivity contribution in [1.82, 2.24) is 9.38 Å². The molecule has 0 radical (unpaired) electrons. The van der Waals surface area contributed by atoms with E-state index in [-0.39, 0.29) is 0 Å². The van der Waals surface area contributed by atoms with Gasteiger partial charge in [0.1, 0.15) is 10.4 Å². The van der Waals surface area contributed by atoms with Crippen LogP contribution in [0, 0.1) is 0 Å². The number of nitrogens with zero attached hydrogens (tertiary/aromatic N) is 2. The highest BCUT2D eigenvalue weighted by Crippen LogP contribution is 2.40. The van der Waals surface area contributed by atoms with E-state index >= 15 is 0 Å². The Morgan fingerprint density at radius 2 is 2.23 bits per heavy atom. The van der Waals surface area contributed by atoms with Gasteiger partial charge in [0.15, 0.2) is 0 Å². The minimum atomic E-state index is 0.696. The van der Waals surface area contributed by atoms with Crippen LogP contribution in [-0.4, -0.2) is 9.38 Å². The number of hydrogen-bond acceptors (Lipinski definition) is 1. The summed E-state index contributed by atoms with van der Waals surface area (Å²) in [4.78, 5) is 4.53. The summed E-state index contributed by atoms with van der Waals surface area (Å²) in [6.07, 6.45) is 4.67. The minimum Gasteiger partial charge on any atom is -0.302 e. The molecule has 1 aliphatic carbocycles. The van der Waals surface area contributed by atoms with Gasteiger partial charge in [-0.15, -0.1) is 0 Å². The molecule has 1 fully saturated rings. The maximum atomic E-state index is 4.53. The minimum absolute atomic E-state index is 0.696. The molecule has 3 rings (SSSR count). The third kappa shape index (κ3) is 1.10. The Balaban J connectivity index is 2.34. The van der Waals surface area contributed by atoms with Crippen molar-refractivity contribution in [3.05, 3.63) is 34.8 Å². The Hall–Kier alpha value is -0.830.